The average Bonchev–Trinajstić information content (AvgIpc) is 2.73. The molecular formula is C21H26N2O10S. The molecular weight excluding hydrogens is 472 g/mol. The standard InChI is InChI=1S/C21H26N2O10S/c1-11(24)22-18-20(32-14(4)27)19(31-13(3)26)17(9-30-12(2)25)33-21(18)34-10-15-5-7-16(8-6-15)23(28)29/h5-8,17-21H,9-10H2,1-4H3,(H,22,24)/t17-,18-,19+,20-,21-/m1/s1. The van der Waals surface area contributed by atoms with Crippen LogP contribution in [0.15, 0.2) is 24.3 Å². The Hall–Kier alpha value is -3.19. The molecule has 0 radical (unpaired) electrons. The summed E-state index contributed by atoms with van der Waals surface area (Å²) in [6.07, 6.45) is -3.28. The summed E-state index contributed by atoms with van der Waals surface area (Å²) in [6.45, 7) is 4.52. The van der Waals surface area contributed by atoms with E-state index in [4.69, 9.17) is 18.9 Å². The van der Waals surface area contributed by atoms with E-state index in [9.17, 15) is 29.3 Å². The molecule has 0 aromatic heterocycles. The number of carbonyl (C=O) groups is 4. The lowest BCUT2D eigenvalue weighted by Gasteiger charge is -2.45. The smallest absolute Gasteiger partial charge is 0.303 e. The Morgan fingerprint density at radius 1 is 1.00 bits per heavy atom. The van der Waals surface area contributed by atoms with Gasteiger partial charge in [-0.05, 0) is 5.56 Å². The minimum Gasteiger partial charge on any atom is -0.463 e. The number of ether oxygens (including phenoxy) is 4. The number of hydrogen-bond acceptors (Lipinski definition) is 11. The topological polar surface area (TPSA) is 160 Å². The van der Waals surface area contributed by atoms with Gasteiger partial charge in [-0.3, -0.25) is 29.3 Å². The highest BCUT2D eigenvalue weighted by Gasteiger charge is 2.50. The van der Waals surface area contributed by atoms with Crippen molar-refractivity contribution < 1.29 is 43.0 Å². The van der Waals surface area contributed by atoms with E-state index in [0.29, 0.717) is 5.75 Å². The maximum Gasteiger partial charge on any atom is 0.303 e. The van der Waals surface area contributed by atoms with Gasteiger partial charge >= 0.3 is 17.9 Å². The van der Waals surface area contributed by atoms with Crippen molar-refractivity contribution in [2.75, 3.05) is 6.61 Å². The van der Waals surface area contributed by atoms with Gasteiger partial charge in [0.05, 0.1) is 4.92 Å². The summed E-state index contributed by atoms with van der Waals surface area (Å²) in [7, 11) is 0. The number of nitro groups is 1. The maximum atomic E-state index is 11.9. The predicted molar refractivity (Wildman–Crippen MR) is 118 cm³/mol. The van der Waals surface area contributed by atoms with E-state index in [-0.39, 0.29) is 12.3 Å². The largest absolute Gasteiger partial charge is 0.463 e. The lowest BCUT2D eigenvalue weighted by molar-refractivity contribution is -0.384. The van der Waals surface area contributed by atoms with Crippen molar-refractivity contribution in [1.82, 2.24) is 5.32 Å². The van der Waals surface area contributed by atoms with Crippen LogP contribution in [0.2, 0.25) is 0 Å². The predicted octanol–water partition coefficient (Wildman–Crippen LogP) is 1.48. The fourth-order valence-corrected chi connectivity index (χ4v) is 4.53. The lowest BCUT2D eigenvalue weighted by atomic mass is 9.97. The molecule has 0 bridgehead atoms. The molecule has 0 saturated carbocycles. The molecule has 1 amide bonds. The Morgan fingerprint density at radius 2 is 1.59 bits per heavy atom. The van der Waals surface area contributed by atoms with Crippen LogP contribution in [0.4, 0.5) is 5.69 Å². The van der Waals surface area contributed by atoms with E-state index in [2.05, 4.69) is 5.32 Å². The van der Waals surface area contributed by atoms with E-state index in [1.165, 1.54) is 44.7 Å². The van der Waals surface area contributed by atoms with Gasteiger partial charge in [0.25, 0.3) is 5.69 Å². The van der Waals surface area contributed by atoms with Crippen molar-refractivity contribution in [3.8, 4) is 0 Å². The molecule has 1 aliphatic rings. The Kier molecular flexibility index (Phi) is 9.81. The Morgan fingerprint density at radius 3 is 2.09 bits per heavy atom. The van der Waals surface area contributed by atoms with Crippen LogP contribution in [0.5, 0.6) is 0 Å². The van der Waals surface area contributed by atoms with Gasteiger partial charge in [-0.2, -0.15) is 0 Å². The van der Waals surface area contributed by atoms with Crippen molar-refractivity contribution in [1.29, 1.82) is 0 Å². The van der Waals surface area contributed by atoms with E-state index in [1.807, 2.05) is 0 Å². The molecule has 5 atom stereocenters. The second kappa shape index (κ2) is 12.3. The van der Waals surface area contributed by atoms with E-state index < -0.39 is 58.5 Å². The number of rotatable bonds is 9. The van der Waals surface area contributed by atoms with Crippen molar-refractivity contribution in [2.24, 2.45) is 0 Å². The van der Waals surface area contributed by atoms with Gasteiger partial charge in [-0.1, -0.05) is 12.1 Å². The number of nitrogens with one attached hydrogen (secondary N) is 1. The van der Waals surface area contributed by atoms with Crippen LogP contribution in [0, 0.1) is 10.1 Å². The molecule has 0 aliphatic carbocycles. The first-order valence-electron chi connectivity index (χ1n) is 10.2. The maximum absolute atomic E-state index is 11.9. The zero-order chi connectivity index (χ0) is 25.4. The SMILES string of the molecule is CC(=O)N[C@@H]1[C@@H](OC(C)=O)[C@@H](OC(C)=O)[C@@H](COC(C)=O)O[C@@H]1SCc1ccc([N+](=O)[O-])cc1. The Balaban J connectivity index is 2.34. The Labute approximate surface area is 199 Å². The highest BCUT2D eigenvalue weighted by molar-refractivity contribution is 7.99. The van der Waals surface area contributed by atoms with Crippen molar-refractivity contribution in [3.05, 3.63) is 39.9 Å². The molecule has 1 saturated heterocycles. The summed E-state index contributed by atoms with van der Waals surface area (Å²) < 4.78 is 21.9. The molecule has 12 nitrogen and oxygen atoms in total. The van der Waals surface area contributed by atoms with Crippen LogP contribution < -0.4 is 5.32 Å². The summed E-state index contributed by atoms with van der Waals surface area (Å²) in [6, 6.07) is 4.99. The number of nitrogens with zero attached hydrogens (tertiary/aromatic N) is 1. The number of esters is 3. The molecule has 0 spiro atoms. The number of nitro benzene ring substituents is 1. The van der Waals surface area contributed by atoms with Crippen LogP contribution in [0.25, 0.3) is 0 Å². The minimum atomic E-state index is -1.16. The molecule has 0 unspecified atom stereocenters. The normalized spacial score (nSPS) is 23.9. The molecule has 13 heteroatoms. The zero-order valence-corrected chi connectivity index (χ0v) is 19.9. The van der Waals surface area contributed by atoms with Crippen molar-refractivity contribution in [3.63, 3.8) is 0 Å². The first kappa shape index (κ1) is 27.1. The number of carbonyl (C=O) groups excluding carboxylic acids is 4. The third-order valence-corrected chi connectivity index (χ3v) is 5.87. The summed E-state index contributed by atoms with van der Waals surface area (Å²) in [5.41, 5.74) is -0.126. The molecule has 1 aliphatic heterocycles. The third kappa shape index (κ3) is 7.99. The molecule has 1 N–H and O–H groups in total. The first-order chi connectivity index (χ1) is 16.0. The Bertz CT molecular complexity index is 923. The molecule has 1 aromatic carbocycles. The van der Waals surface area contributed by atoms with Crippen molar-refractivity contribution in [2.45, 2.75) is 63.2 Å². The highest BCUT2D eigenvalue weighted by Crippen LogP contribution is 2.34. The zero-order valence-electron chi connectivity index (χ0n) is 19.0. The molecule has 34 heavy (non-hydrogen) atoms. The number of benzene rings is 1. The van der Waals surface area contributed by atoms with Gasteiger partial charge in [0, 0.05) is 45.6 Å². The molecule has 1 heterocycles. The molecule has 2 rings (SSSR count). The summed E-state index contributed by atoms with van der Waals surface area (Å²) in [5.74, 6) is -2.06. The number of thioether (sulfide) groups is 1. The van der Waals surface area contributed by atoms with Gasteiger partial charge in [-0.25, -0.2) is 0 Å². The molecule has 1 aromatic rings. The first-order valence-corrected chi connectivity index (χ1v) is 11.3. The quantitative estimate of drug-likeness (QED) is 0.227. The molecule has 1 fully saturated rings. The van der Waals surface area contributed by atoms with Gasteiger partial charge in [0.1, 0.15) is 24.2 Å². The van der Waals surface area contributed by atoms with Crippen LogP contribution >= 0.6 is 11.8 Å². The van der Waals surface area contributed by atoms with E-state index in [0.717, 1.165) is 12.5 Å². The lowest BCUT2D eigenvalue weighted by Crippen LogP contribution is -2.65. The fourth-order valence-electron chi connectivity index (χ4n) is 3.33. The highest BCUT2D eigenvalue weighted by atomic mass is 32.2. The van der Waals surface area contributed by atoms with Gasteiger partial charge in [-0.15, -0.1) is 11.8 Å². The van der Waals surface area contributed by atoms with Crippen LogP contribution in [-0.4, -0.2) is 65.1 Å². The van der Waals surface area contributed by atoms with Gasteiger partial charge in [0.15, 0.2) is 12.2 Å². The third-order valence-electron chi connectivity index (χ3n) is 4.63. The average molecular weight is 499 g/mol. The fraction of sp³-hybridized carbons (Fsp3) is 0.524. The summed E-state index contributed by atoms with van der Waals surface area (Å²) in [5, 5.41) is 13.6. The monoisotopic (exact) mass is 498 g/mol. The summed E-state index contributed by atoms with van der Waals surface area (Å²) in [4.78, 5) is 57.3. The van der Waals surface area contributed by atoms with Crippen LogP contribution in [0.3, 0.4) is 0 Å². The van der Waals surface area contributed by atoms with E-state index in [1.54, 1.807) is 12.1 Å². The van der Waals surface area contributed by atoms with Gasteiger partial charge < -0.3 is 24.3 Å². The number of non-ortho nitro benzene ring substituents is 1. The second-order valence-corrected chi connectivity index (χ2v) is 8.54. The van der Waals surface area contributed by atoms with Crippen LogP contribution in [0.1, 0.15) is 33.3 Å². The minimum absolute atomic E-state index is 0.0561. The van der Waals surface area contributed by atoms with Crippen LogP contribution in [-0.2, 0) is 43.9 Å². The van der Waals surface area contributed by atoms with Crippen molar-refractivity contribution >= 4 is 41.3 Å². The summed E-state index contributed by atoms with van der Waals surface area (Å²) >= 11 is 1.23. The van der Waals surface area contributed by atoms with Gasteiger partial charge in [0.2, 0.25) is 5.91 Å². The second-order valence-electron chi connectivity index (χ2n) is 7.45. The number of amides is 1. The molecule has 186 valence electrons. The number of hydrogen-bond donors (Lipinski definition) is 1. The van der Waals surface area contributed by atoms with E-state index >= 15 is 0 Å².